The van der Waals surface area contributed by atoms with Crippen LogP contribution in [0.25, 0.3) is 10.2 Å². The molecule has 0 spiro atoms. The van der Waals surface area contributed by atoms with E-state index in [1.165, 1.54) is 43.8 Å². The molecule has 0 saturated carbocycles. The zero-order valence-corrected chi connectivity index (χ0v) is 18.5. The molecule has 1 N–H and O–H groups in total. The summed E-state index contributed by atoms with van der Waals surface area (Å²) in [4.78, 5) is 29.5. The second-order valence-electron chi connectivity index (χ2n) is 6.86. The molecule has 0 radical (unpaired) electrons. The van der Waals surface area contributed by atoms with Crippen molar-refractivity contribution in [2.75, 3.05) is 25.8 Å². The quantitative estimate of drug-likeness (QED) is 0.599. The summed E-state index contributed by atoms with van der Waals surface area (Å²) < 4.78 is 35.1. The lowest BCUT2D eigenvalue weighted by molar-refractivity contribution is 0.0988. The van der Waals surface area contributed by atoms with Gasteiger partial charge in [0.25, 0.3) is 0 Å². The summed E-state index contributed by atoms with van der Waals surface area (Å²) in [6.07, 6.45) is 3.60. The van der Waals surface area contributed by atoms with E-state index in [0.717, 1.165) is 11.0 Å². The van der Waals surface area contributed by atoms with Gasteiger partial charge in [0.05, 0.1) is 40.5 Å². The molecule has 4 rings (SSSR count). The molecule has 0 fully saturated rings. The highest BCUT2D eigenvalue weighted by Crippen LogP contribution is 2.38. The van der Waals surface area contributed by atoms with Gasteiger partial charge in [-0.05, 0) is 36.4 Å². The zero-order chi connectivity index (χ0) is 22.3. The average Bonchev–Trinajstić information content (AvgIpc) is 3.15. The third-order valence-electron chi connectivity index (χ3n) is 4.84. The van der Waals surface area contributed by atoms with Gasteiger partial charge in [-0.3, -0.25) is 9.59 Å². The Balaban J connectivity index is 1.70. The Bertz CT molecular complexity index is 1370. The first-order valence-corrected chi connectivity index (χ1v) is 11.8. The Morgan fingerprint density at radius 3 is 2.39 bits per heavy atom. The smallest absolute Gasteiger partial charge is 0.190 e. The highest BCUT2D eigenvalue weighted by molar-refractivity contribution is 7.90. The molecule has 1 aliphatic carbocycles. The topological polar surface area (TPSA) is 112 Å². The van der Waals surface area contributed by atoms with Crippen LogP contribution in [0.5, 0.6) is 11.5 Å². The lowest BCUT2D eigenvalue weighted by Crippen LogP contribution is -2.17. The number of carbonyl (C=O) groups is 2. The second kappa shape index (κ2) is 7.78. The number of anilines is 1. The van der Waals surface area contributed by atoms with E-state index in [4.69, 9.17) is 9.47 Å². The number of sulfone groups is 1. The first-order chi connectivity index (χ1) is 14.7. The number of aromatic nitrogens is 1. The molecule has 0 atom stereocenters. The summed E-state index contributed by atoms with van der Waals surface area (Å²) in [6.45, 7) is 0.247. The van der Waals surface area contributed by atoms with E-state index in [-0.39, 0.29) is 39.9 Å². The number of ketones is 2. The van der Waals surface area contributed by atoms with Crippen molar-refractivity contribution in [1.82, 2.24) is 4.98 Å². The van der Waals surface area contributed by atoms with E-state index in [1.54, 1.807) is 18.2 Å². The Hall–Kier alpha value is -3.24. The SMILES string of the molecule is COc1cc(CNc2nc3ccc(S(C)(=O)=O)cc3s2)c(OC)c2c1C(=O)C=CC2=O. The third kappa shape index (κ3) is 3.79. The van der Waals surface area contributed by atoms with E-state index in [2.05, 4.69) is 10.3 Å². The maximum absolute atomic E-state index is 12.5. The number of nitrogens with one attached hydrogen (secondary N) is 1. The summed E-state index contributed by atoms with van der Waals surface area (Å²) in [6, 6.07) is 6.43. The van der Waals surface area contributed by atoms with E-state index in [9.17, 15) is 18.0 Å². The fourth-order valence-electron chi connectivity index (χ4n) is 3.40. The highest BCUT2D eigenvalue weighted by Gasteiger charge is 2.29. The average molecular weight is 459 g/mol. The minimum atomic E-state index is -3.31. The van der Waals surface area contributed by atoms with Gasteiger partial charge in [-0.2, -0.15) is 0 Å². The molecule has 1 heterocycles. The van der Waals surface area contributed by atoms with Gasteiger partial charge in [-0.15, -0.1) is 0 Å². The van der Waals surface area contributed by atoms with Gasteiger partial charge in [-0.1, -0.05) is 11.3 Å². The Labute approximate surface area is 182 Å². The fourth-order valence-corrected chi connectivity index (χ4v) is 5.02. The van der Waals surface area contributed by atoms with Crippen LogP contribution in [-0.4, -0.2) is 45.4 Å². The molecule has 2 aromatic carbocycles. The highest BCUT2D eigenvalue weighted by atomic mass is 32.2. The van der Waals surface area contributed by atoms with Crippen molar-refractivity contribution in [3.8, 4) is 11.5 Å². The molecule has 160 valence electrons. The first-order valence-electron chi connectivity index (χ1n) is 9.12. The van der Waals surface area contributed by atoms with Crippen LogP contribution in [-0.2, 0) is 16.4 Å². The Kier molecular flexibility index (Phi) is 5.28. The second-order valence-corrected chi connectivity index (χ2v) is 9.90. The maximum atomic E-state index is 12.5. The van der Waals surface area contributed by atoms with Gasteiger partial charge in [0.2, 0.25) is 0 Å². The van der Waals surface area contributed by atoms with Gasteiger partial charge >= 0.3 is 0 Å². The number of allylic oxidation sites excluding steroid dienone is 2. The third-order valence-corrected chi connectivity index (χ3v) is 6.93. The number of fused-ring (bicyclic) bond motifs is 2. The molecule has 0 unspecified atom stereocenters. The molecule has 1 aromatic heterocycles. The number of hydrogen-bond acceptors (Lipinski definition) is 9. The molecule has 0 aliphatic heterocycles. The van der Waals surface area contributed by atoms with E-state index < -0.39 is 9.84 Å². The lowest BCUT2D eigenvalue weighted by Gasteiger charge is -2.20. The van der Waals surface area contributed by atoms with Crippen molar-refractivity contribution >= 4 is 48.1 Å². The van der Waals surface area contributed by atoms with Crippen molar-refractivity contribution in [2.24, 2.45) is 0 Å². The van der Waals surface area contributed by atoms with E-state index in [0.29, 0.717) is 22.0 Å². The molecule has 3 aromatic rings. The van der Waals surface area contributed by atoms with Crippen LogP contribution in [0.1, 0.15) is 26.3 Å². The summed E-state index contributed by atoms with van der Waals surface area (Å²) in [5.41, 5.74) is 1.64. The number of ether oxygens (including phenoxy) is 2. The molecular formula is C21H18N2O6S2. The molecule has 8 nitrogen and oxygen atoms in total. The molecule has 10 heteroatoms. The normalized spacial score (nSPS) is 13.4. The molecule has 0 saturated heterocycles. The maximum Gasteiger partial charge on any atom is 0.190 e. The first kappa shape index (κ1) is 21.0. The van der Waals surface area contributed by atoms with Crippen molar-refractivity contribution in [3.05, 3.63) is 53.1 Å². The predicted molar refractivity (Wildman–Crippen MR) is 117 cm³/mol. The zero-order valence-electron chi connectivity index (χ0n) is 16.9. The van der Waals surface area contributed by atoms with Crippen LogP contribution in [0.15, 0.2) is 41.3 Å². The van der Waals surface area contributed by atoms with E-state index >= 15 is 0 Å². The lowest BCUT2D eigenvalue weighted by atomic mass is 9.90. The van der Waals surface area contributed by atoms with Crippen LogP contribution < -0.4 is 14.8 Å². The van der Waals surface area contributed by atoms with Crippen LogP contribution in [0.4, 0.5) is 5.13 Å². The van der Waals surface area contributed by atoms with Gasteiger partial charge in [-0.25, -0.2) is 13.4 Å². The number of hydrogen-bond donors (Lipinski definition) is 1. The van der Waals surface area contributed by atoms with Crippen LogP contribution >= 0.6 is 11.3 Å². The summed E-state index contributed by atoms with van der Waals surface area (Å²) in [5.74, 6) is -0.0686. The summed E-state index contributed by atoms with van der Waals surface area (Å²) >= 11 is 1.31. The molecule has 0 bridgehead atoms. The fraction of sp³-hybridized carbons (Fsp3) is 0.190. The van der Waals surface area contributed by atoms with Gasteiger partial charge in [0.15, 0.2) is 26.5 Å². The predicted octanol–water partition coefficient (Wildman–Crippen LogP) is 3.26. The monoisotopic (exact) mass is 458 g/mol. The molecule has 31 heavy (non-hydrogen) atoms. The van der Waals surface area contributed by atoms with Crippen molar-refractivity contribution < 1.29 is 27.5 Å². The number of carbonyl (C=O) groups excluding carboxylic acids is 2. The minimum Gasteiger partial charge on any atom is -0.496 e. The minimum absolute atomic E-state index is 0.174. The largest absolute Gasteiger partial charge is 0.496 e. The molecule has 1 aliphatic rings. The van der Waals surface area contributed by atoms with Crippen molar-refractivity contribution in [2.45, 2.75) is 11.4 Å². The number of nitrogens with zero attached hydrogens (tertiary/aromatic N) is 1. The van der Waals surface area contributed by atoms with Crippen molar-refractivity contribution in [1.29, 1.82) is 0 Å². The van der Waals surface area contributed by atoms with Crippen molar-refractivity contribution in [3.63, 3.8) is 0 Å². The summed E-state index contributed by atoms with van der Waals surface area (Å²) in [5, 5.41) is 3.75. The number of rotatable bonds is 6. The van der Waals surface area contributed by atoms with Crippen LogP contribution in [0.2, 0.25) is 0 Å². The molecular weight excluding hydrogens is 440 g/mol. The standard InChI is InChI=1S/C21H18N2O6S2/c1-28-16-8-11(20(29-2)19-15(25)7-6-14(24)18(16)19)10-22-21-23-13-5-4-12(31(3,26)27)9-17(13)30-21/h4-9H,10H2,1-3H3,(H,22,23). The van der Waals surface area contributed by atoms with Gasteiger partial charge in [0.1, 0.15) is 11.5 Å². The van der Waals surface area contributed by atoms with Gasteiger partial charge in [0, 0.05) is 18.4 Å². The molecule has 0 amide bonds. The summed E-state index contributed by atoms with van der Waals surface area (Å²) in [7, 11) is -0.443. The van der Waals surface area contributed by atoms with Crippen LogP contribution in [0.3, 0.4) is 0 Å². The number of benzene rings is 2. The van der Waals surface area contributed by atoms with Gasteiger partial charge < -0.3 is 14.8 Å². The van der Waals surface area contributed by atoms with E-state index in [1.807, 2.05) is 0 Å². The van der Waals surface area contributed by atoms with Crippen LogP contribution in [0, 0.1) is 0 Å². The Morgan fingerprint density at radius 2 is 1.74 bits per heavy atom. The number of thiazole rings is 1. The number of methoxy groups -OCH3 is 2. The Morgan fingerprint density at radius 1 is 1.03 bits per heavy atom.